The molecule has 27 heavy (non-hydrogen) atoms. The molecule has 2 N–H and O–H groups in total. The van der Waals surface area contributed by atoms with Gasteiger partial charge < -0.3 is 15.5 Å². The third kappa shape index (κ3) is 5.12. The van der Waals surface area contributed by atoms with Crippen molar-refractivity contribution in [3.63, 3.8) is 0 Å². The molecule has 0 aliphatic carbocycles. The molecule has 1 unspecified atom stereocenters. The van der Waals surface area contributed by atoms with Gasteiger partial charge in [0.1, 0.15) is 0 Å². The van der Waals surface area contributed by atoms with Gasteiger partial charge in [0.2, 0.25) is 5.91 Å². The predicted molar refractivity (Wildman–Crippen MR) is 94.9 cm³/mol. The number of hydrogen-bond acceptors (Lipinski definition) is 3. The molecule has 6 nitrogen and oxygen atoms in total. The van der Waals surface area contributed by atoms with E-state index in [1.54, 1.807) is 19.0 Å². The van der Waals surface area contributed by atoms with E-state index in [0.717, 1.165) is 5.56 Å². The number of alkyl halides is 3. The van der Waals surface area contributed by atoms with Gasteiger partial charge in [-0.3, -0.25) is 9.69 Å². The minimum atomic E-state index is -4.64. The van der Waals surface area contributed by atoms with Crippen molar-refractivity contribution in [2.24, 2.45) is 5.41 Å². The molecule has 1 fully saturated rings. The number of hydrogen-bond donors (Lipinski definition) is 2. The summed E-state index contributed by atoms with van der Waals surface area (Å²) in [4.78, 5) is 26.8. The molecule has 0 bridgehead atoms. The summed E-state index contributed by atoms with van der Waals surface area (Å²) in [5, 5.41) is 4.83. The Balaban J connectivity index is 1.96. The SMILES string of the molecule is CN(C)C(=O)NCCNC(=O)C1(C(F)(F)F)CCN(Cc2ccccc2)C1. The third-order valence-electron chi connectivity index (χ3n) is 4.67. The highest BCUT2D eigenvalue weighted by Crippen LogP contribution is 2.46. The number of nitrogens with zero attached hydrogens (tertiary/aromatic N) is 2. The maximum Gasteiger partial charge on any atom is 0.404 e. The van der Waals surface area contributed by atoms with Gasteiger partial charge in [-0.05, 0) is 18.5 Å². The molecule has 1 aliphatic heterocycles. The molecule has 0 spiro atoms. The first kappa shape index (κ1) is 21.0. The van der Waals surface area contributed by atoms with Crippen LogP contribution in [0.1, 0.15) is 12.0 Å². The Hall–Kier alpha value is -2.29. The van der Waals surface area contributed by atoms with Crippen LogP contribution in [0, 0.1) is 5.41 Å². The molecule has 1 aromatic carbocycles. The first-order valence-electron chi connectivity index (χ1n) is 8.72. The number of benzene rings is 1. The fourth-order valence-corrected chi connectivity index (χ4v) is 3.08. The van der Waals surface area contributed by atoms with Gasteiger partial charge in [-0.2, -0.15) is 13.2 Å². The van der Waals surface area contributed by atoms with Crippen LogP contribution in [0.25, 0.3) is 0 Å². The van der Waals surface area contributed by atoms with E-state index in [9.17, 15) is 22.8 Å². The Labute approximate surface area is 156 Å². The van der Waals surface area contributed by atoms with Gasteiger partial charge in [-0.25, -0.2) is 4.79 Å². The summed E-state index contributed by atoms with van der Waals surface area (Å²) in [6.45, 7) is 0.185. The Morgan fingerprint density at radius 3 is 2.37 bits per heavy atom. The van der Waals surface area contributed by atoms with Crippen LogP contribution in [0.4, 0.5) is 18.0 Å². The van der Waals surface area contributed by atoms with Gasteiger partial charge in [0.25, 0.3) is 0 Å². The van der Waals surface area contributed by atoms with Crippen LogP contribution >= 0.6 is 0 Å². The smallest absolute Gasteiger partial charge is 0.354 e. The molecule has 2 rings (SSSR count). The van der Waals surface area contributed by atoms with Crippen molar-refractivity contribution in [3.05, 3.63) is 35.9 Å². The van der Waals surface area contributed by atoms with Gasteiger partial charge in [0.15, 0.2) is 5.41 Å². The lowest BCUT2D eigenvalue weighted by Gasteiger charge is -2.30. The van der Waals surface area contributed by atoms with Crippen LogP contribution < -0.4 is 10.6 Å². The maximum atomic E-state index is 13.8. The molecular formula is C18H25F3N4O2. The van der Waals surface area contributed by atoms with E-state index in [1.807, 2.05) is 30.3 Å². The number of halogens is 3. The molecule has 1 atom stereocenters. The van der Waals surface area contributed by atoms with E-state index in [4.69, 9.17) is 0 Å². The van der Waals surface area contributed by atoms with Crippen molar-refractivity contribution in [1.29, 1.82) is 0 Å². The largest absolute Gasteiger partial charge is 0.404 e. The lowest BCUT2D eigenvalue weighted by atomic mass is 9.85. The lowest BCUT2D eigenvalue weighted by Crippen LogP contribution is -2.53. The van der Waals surface area contributed by atoms with Crippen molar-refractivity contribution in [1.82, 2.24) is 20.4 Å². The first-order valence-corrected chi connectivity index (χ1v) is 8.72. The Morgan fingerprint density at radius 1 is 1.15 bits per heavy atom. The average Bonchev–Trinajstić information content (AvgIpc) is 3.04. The van der Waals surface area contributed by atoms with E-state index in [2.05, 4.69) is 10.6 Å². The second-order valence-corrected chi connectivity index (χ2v) is 6.91. The fraction of sp³-hybridized carbons (Fsp3) is 0.556. The van der Waals surface area contributed by atoms with Gasteiger partial charge in [0, 0.05) is 40.3 Å². The van der Waals surface area contributed by atoms with E-state index in [1.165, 1.54) is 4.90 Å². The topological polar surface area (TPSA) is 64.7 Å². The molecule has 1 aromatic rings. The molecule has 0 radical (unpaired) electrons. The van der Waals surface area contributed by atoms with Crippen LogP contribution in [-0.4, -0.2) is 68.2 Å². The fourth-order valence-electron chi connectivity index (χ4n) is 3.08. The lowest BCUT2D eigenvalue weighted by molar-refractivity contribution is -0.218. The Kier molecular flexibility index (Phi) is 6.69. The molecule has 9 heteroatoms. The number of carbonyl (C=O) groups is 2. The van der Waals surface area contributed by atoms with Gasteiger partial charge in [-0.15, -0.1) is 0 Å². The molecule has 1 saturated heterocycles. The zero-order chi connectivity index (χ0) is 20.1. The van der Waals surface area contributed by atoms with Crippen molar-refractivity contribution < 1.29 is 22.8 Å². The molecule has 150 valence electrons. The average molecular weight is 386 g/mol. The Morgan fingerprint density at radius 2 is 1.78 bits per heavy atom. The second-order valence-electron chi connectivity index (χ2n) is 6.91. The normalized spacial score (nSPS) is 20.3. The summed E-state index contributed by atoms with van der Waals surface area (Å²) >= 11 is 0. The third-order valence-corrected chi connectivity index (χ3v) is 4.67. The van der Waals surface area contributed by atoms with Crippen molar-refractivity contribution >= 4 is 11.9 Å². The number of rotatable bonds is 6. The minimum absolute atomic E-state index is 0.0599. The van der Waals surface area contributed by atoms with E-state index in [0.29, 0.717) is 6.54 Å². The van der Waals surface area contributed by atoms with Crippen molar-refractivity contribution in [2.45, 2.75) is 19.1 Å². The van der Waals surface area contributed by atoms with Crippen molar-refractivity contribution in [3.8, 4) is 0 Å². The predicted octanol–water partition coefficient (Wildman–Crippen LogP) is 1.83. The minimum Gasteiger partial charge on any atom is -0.354 e. The highest BCUT2D eigenvalue weighted by Gasteiger charge is 2.62. The summed E-state index contributed by atoms with van der Waals surface area (Å²) < 4.78 is 41.3. The molecule has 0 saturated carbocycles. The first-order chi connectivity index (χ1) is 12.7. The van der Waals surface area contributed by atoms with Crippen LogP contribution in [0.5, 0.6) is 0 Å². The van der Waals surface area contributed by atoms with Crippen LogP contribution in [-0.2, 0) is 11.3 Å². The van der Waals surface area contributed by atoms with Crippen LogP contribution in [0.3, 0.4) is 0 Å². The summed E-state index contributed by atoms with van der Waals surface area (Å²) in [6, 6.07) is 8.83. The molecule has 1 heterocycles. The van der Waals surface area contributed by atoms with Crippen LogP contribution in [0.15, 0.2) is 30.3 Å². The van der Waals surface area contributed by atoms with Crippen molar-refractivity contribution in [2.75, 3.05) is 40.3 Å². The van der Waals surface area contributed by atoms with Gasteiger partial charge in [-0.1, -0.05) is 30.3 Å². The Bertz CT molecular complexity index is 652. The summed E-state index contributed by atoms with van der Waals surface area (Å²) in [5.74, 6) is -1.04. The highest BCUT2D eigenvalue weighted by atomic mass is 19.4. The maximum absolute atomic E-state index is 13.8. The van der Waals surface area contributed by atoms with E-state index >= 15 is 0 Å². The highest BCUT2D eigenvalue weighted by molar-refractivity contribution is 5.84. The molecular weight excluding hydrogens is 361 g/mol. The molecule has 3 amide bonds. The number of amides is 3. The summed E-state index contributed by atoms with van der Waals surface area (Å²) in [5.41, 5.74) is -1.52. The zero-order valence-electron chi connectivity index (χ0n) is 15.5. The van der Waals surface area contributed by atoms with E-state index < -0.39 is 17.5 Å². The van der Waals surface area contributed by atoms with Gasteiger partial charge >= 0.3 is 12.2 Å². The standard InChI is InChI=1S/C18H25F3N4O2/c1-24(2)16(27)23-10-9-22-15(26)17(18(19,20)21)8-11-25(13-17)12-14-6-4-3-5-7-14/h3-7H,8-13H2,1-2H3,(H,22,26)(H,23,27). The summed E-state index contributed by atoms with van der Waals surface area (Å²) in [7, 11) is 3.10. The number of carbonyl (C=O) groups excluding carboxylic acids is 2. The van der Waals surface area contributed by atoms with E-state index in [-0.39, 0.29) is 38.6 Å². The number of urea groups is 1. The van der Waals surface area contributed by atoms with Crippen LogP contribution in [0.2, 0.25) is 0 Å². The molecule has 1 aliphatic rings. The van der Waals surface area contributed by atoms with Gasteiger partial charge in [0.05, 0.1) is 0 Å². The second kappa shape index (κ2) is 8.60. The summed E-state index contributed by atoms with van der Waals surface area (Å²) in [6.07, 6.45) is -4.92. The monoisotopic (exact) mass is 386 g/mol. The zero-order valence-corrected chi connectivity index (χ0v) is 15.5. The number of nitrogens with one attached hydrogen (secondary N) is 2. The number of likely N-dealkylation sites (tertiary alicyclic amines) is 1. The quantitative estimate of drug-likeness (QED) is 0.734. The molecule has 0 aromatic heterocycles.